The van der Waals surface area contributed by atoms with Crippen molar-refractivity contribution in [1.82, 2.24) is 0 Å². The summed E-state index contributed by atoms with van der Waals surface area (Å²) >= 11 is 0. The molecule has 1 saturated heterocycles. The zero-order chi connectivity index (χ0) is 22.6. The van der Waals surface area contributed by atoms with Gasteiger partial charge in [-0.1, -0.05) is 42.5 Å². The highest BCUT2D eigenvalue weighted by Crippen LogP contribution is 2.29. The number of nitrogens with zero attached hydrogens (tertiary/aromatic N) is 2. The summed E-state index contributed by atoms with van der Waals surface area (Å²) in [6, 6.07) is 24.0. The lowest BCUT2D eigenvalue weighted by Crippen LogP contribution is -2.36. The van der Waals surface area contributed by atoms with Gasteiger partial charge in [-0.25, -0.2) is 4.21 Å². The van der Waals surface area contributed by atoms with Gasteiger partial charge in [0.2, 0.25) is 0 Å². The fourth-order valence-corrected chi connectivity index (χ4v) is 5.29. The number of anilines is 3. The molecule has 1 aliphatic heterocycles. The van der Waals surface area contributed by atoms with Crippen molar-refractivity contribution >= 4 is 38.5 Å². The summed E-state index contributed by atoms with van der Waals surface area (Å²) < 4.78 is 20.9. The molecule has 166 valence electrons. The van der Waals surface area contributed by atoms with E-state index in [-0.39, 0.29) is 5.91 Å². The van der Waals surface area contributed by atoms with E-state index in [1.165, 1.54) is 0 Å². The number of carbonyl (C=O) groups is 1. The molecule has 0 bridgehead atoms. The normalized spacial score (nSPS) is 15.6. The van der Waals surface area contributed by atoms with E-state index in [9.17, 15) is 9.00 Å². The maximum Gasteiger partial charge on any atom is 0.256 e. The average molecular weight is 450 g/mol. The predicted molar refractivity (Wildman–Crippen MR) is 132 cm³/mol. The summed E-state index contributed by atoms with van der Waals surface area (Å²) in [6.45, 7) is 2.83. The van der Waals surface area contributed by atoms with Crippen LogP contribution in [-0.2, 0) is 14.4 Å². The molecule has 1 aliphatic rings. The van der Waals surface area contributed by atoms with Crippen molar-refractivity contribution in [3.63, 3.8) is 0 Å². The molecule has 1 fully saturated rings. The largest absolute Gasteiger partial charge is 0.378 e. The summed E-state index contributed by atoms with van der Waals surface area (Å²) in [5.74, 6) is 3.69. The second kappa shape index (κ2) is 9.46. The van der Waals surface area contributed by atoms with Crippen molar-refractivity contribution in [2.75, 3.05) is 47.9 Å². The quantitative estimate of drug-likeness (QED) is 0.580. The molecular weight excluding hydrogens is 422 g/mol. The molecule has 0 spiro atoms. The van der Waals surface area contributed by atoms with Crippen LogP contribution in [0.4, 0.5) is 17.1 Å². The van der Waals surface area contributed by atoms with E-state index in [0.29, 0.717) is 29.4 Å². The molecule has 1 amide bonds. The third kappa shape index (κ3) is 4.49. The first-order valence-corrected chi connectivity index (χ1v) is 12.1. The molecule has 3 aromatic rings. The molecule has 1 atom stereocenters. The van der Waals surface area contributed by atoms with Crippen molar-refractivity contribution in [2.45, 2.75) is 4.90 Å². The number of carbonyl (C=O) groups excluding carboxylic acids is 1. The van der Waals surface area contributed by atoms with E-state index >= 15 is 0 Å². The van der Waals surface area contributed by atoms with Crippen LogP contribution in [0.1, 0.15) is 10.4 Å². The maximum atomic E-state index is 13.8. The second-order valence-corrected chi connectivity index (χ2v) is 9.81. The van der Waals surface area contributed by atoms with E-state index < -0.39 is 9.71 Å². The Morgan fingerprint density at radius 1 is 0.969 bits per heavy atom. The number of rotatable bonds is 6. The van der Waals surface area contributed by atoms with E-state index in [1.807, 2.05) is 54.6 Å². The molecule has 6 nitrogen and oxygen atoms in total. The van der Waals surface area contributed by atoms with Gasteiger partial charge in [0.1, 0.15) is 0 Å². The Labute approximate surface area is 189 Å². The number of para-hydroxylation sites is 3. The summed E-state index contributed by atoms with van der Waals surface area (Å²) in [6.07, 6.45) is 0. The van der Waals surface area contributed by atoms with Gasteiger partial charge in [0, 0.05) is 25.8 Å². The first-order chi connectivity index (χ1) is 15.5. The first-order valence-electron chi connectivity index (χ1n) is 10.5. The van der Waals surface area contributed by atoms with Gasteiger partial charge in [-0.05, 0) is 42.3 Å². The third-order valence-corrected chi connectivity index (χ3v) is 7.68. The molecule has 1 heterocycles. The number of hydrogen-bond acceptors (Lipinski definition) is 4. The molecule has 4 rings (SSSR count). The fourth-order valence-electron chi connectivity index (χ4n) is 3.74. The van der Waals surface area contributed by atoms with Crippen LogP contribution >= 0.6 is 0 Å². The van der Waals surface area contributed by atoms with Crippen molar-refractivity contribution < 1.29 is 13.7 Å². The van der Waals surface area contributed by atoms with E-state index in [0.717, 1.165) is 24.5 Å². The van der Waals surface area contributed by atoms with Crippen molar-refractivity contribution in [3.05, 3.63) is 84.4 Å². The minimum Gasteiger partial charge on any atom is -0.378 e. The Kier molecular flexibility index (Phi) is 6.48. The lowest BCUT2D eigenvalue weighted by atomic mass is 10.2. The zero-order valence-electron chi connectivity index (χ0n) is 18.1. The highest BCUT2D eigenvalue weighted by Gasteiger charge is 2.23. The minimum absolute atomic E-state index is 0.320. The van der Waals surface area contributed by atoms with Crippen LogP contribution in [0.25, 0.3) is 0 Å². The van der Waals surface area contributed by atoms with Crippen LogP contribution in [0.3, 0.4) is 0 Å². The molecule has 0 saturated carbocycles. The third-order valence-electron chi connectivity index (χ3n) is 5.54. The monoisotopic (exact) mass is 449 g/mol. The van der Waals surface area contributed by atoms with Gasteiger partial charge in [0.05, 0.1) is 44.8 Å². The Morgan fingerprint density at radius 3 is 2.34 bits per heavy atom. The molecule has 32 heavy (non-hydrogen) atoms. The van der Waals surface area contributed by atoms with E-state index in [1.54, 1.807) is 35.6 Å². The summed E-state index contributed by atoms with van der Waals surface area (Å²) in [7, 11) is -1.22. The Bertz CT molecular complexity index is 1190. The lowest BCUT2D eigenvalue weighted by Gasteiger charge is -2.30. The van der Waals surface area contributed by atoms with Gasteiger partial charge >= 0.3 is 0 Å². The van der Waals surface area contributed by atoms with Gasteiger partial charge in [-0.15, -0.1) is 0 Å². The SMILES string of the molecule is C=S(=O)(c1ccccc1C(=O)Nc1ccccc1N1CCOCC1)N(C)c1ccccc1. The van der Waals surface area contributed by atoms with Gasteiger partial charge in [-0.2, -0.15) is 0 Å². The average Bonchev–Trinajstić information content (AvgIpc) is 2.85. The molecule has 7 heteroatoms. The predicted octanol–water partition coefficient (Wildman–Crippen LogP) is 3.90. The molecule has 1 N–H and O–H groups in total. The zero-order valence-corrected chi connectivity index (χ0v) is 18.9. The Balaban J connectivity index is 1.65. The van der Waals surface area contributed by atoms with Gasteiger partial charge in [0.15, 0.2) is 0 Å². The fraction of sp³-hybridized carbons (Fsp3) is 0.200. The van der Waals surface area contributed by atoms with Crippen LogP contribution in [0, 0.1) is 0 Å². The molecule has 0 aromatic heterocycles. The van der Waals surface area contributed by atoms with Crippen LogP contribution in [0.15, 0.2) is 83.8 Å². The molecule has 0 radical (unpaired) electrons. The summed E-state index contributed by atoms with van der Waals surface area (Å²) in [5, 5.41) is 3.02. The van der Waals surface area contributed by atoms with Gasteiger partial charge < -0.3 is 15.0 Å². The van der Waals surface area contributed by atoms with E-state index in [2.05, 4.69) is 16.1 Å². The number of amides is 1. The number of benzene rings is 3. The first kappa shape index (κ1) is 21.9. The topological polar surface area (TPSA) is 61.9 Å². The van der Waals surface area contributed by atoms with Crippen LogP contribution in [0.5, 0.6) is 0 Å². The molecule has 0 aliphatic carbocycles. The van der Waals surface area contributed by atoms with Crippen LogP contribution in [-0.4, -0.2) is 49.3 Å². The van der Waals surface area contributed by atoms with Gasteiger partial charge in [0.25, 0.3) is 5.91 Å². The molecular formula is C25H27N3O3S. The highest BCUT2D eigenvalue weighted by molar-refractivity contribution is 8.01. The standard InChI is InChI=1S/C25H27N3O3S/c1-27(20-10-4-3-5-11-20)32(2,30)24-15-9-6-12-21(24)25(29)26-22-13-7-8-14-23(22)28-16-18-31-19-17-28/h3-15H,2,16-19H2,1H3,(H,26,29). The van der Waals surface area contributed by atoms with Crippen LogP contribution < -0.4 is 14.5 Å². The number of morpholine rings is 1. The second-order valence-electron chi connectivity index (χ2n) is 7.54. The Morgan fingerprint density at radius 2 is 1.59 bits per heavy atom. The van der Waals surface area contributed by atoms with Crippen molar-refractivity contribution in [2.24, 2.45) is 0 Å². The lowest BCUT2D eigenvalue weighted by molar-refractivity contribution is 0.102. The van der Waals surface area contributed by atoms with Crippen molar-refractivity contribution in [3.8, 4) is 0 Å². The van der Waals surface area contributed by atoms with Crippen molar-refractivity contribution in [1.29, 1.82) is 0 Å². The highest BCUT2D eigenvalue weighted by atomic mass is 32.2. The Hall–Kier alpha value is -3.29. The van der Waals surface area contributed by atoms with Gasteiger partial charge in [-0.3, -0.25) is 9.10 Å². The molecule has 3 aromatic carbocycles. The molecule has 1 unspecified atom stereocenters. The number of nitrogens with one attached hydrogen (secondary N) is 1. The minimum atomic E-state index is -2.95. The van der Waals surface area contributed by atoms with E-state index in [4.69, 9.17) is 4.74 Å². The van der Waals surface area contributed by atoms with Crippen LogP contribution in [0.2, 0.25) is 0 Å². The summed E-state index contributed by atoms with van der Waals surface area (Å²) in [5.41, 5.74) is 2.76. The number of hydrogen-bond donors (Lipinski definition) is 1. The number of ether oxygens (including phenoxy) is 1. The maximum absolute atomic E-state index is 13.8. The smallest absolute Gasteiger partial charge is 0.256 e. The summed E-state index contributed by atoms with van der Waals surface area (Å²) in [4.78, 5) is 15.9.